The van der Waals surface area contributed by atoms with Crippen LogP contribution in [0.25, 0.3) is 0 Å². The molecule has 2 rings (SSSR count). The molecule has 0 heterocycles. The van der Waals surface area contributed by atoms with Gasteiger partial charge in [0.2, 0.25) is 0 Å². The lowest BCUT2D eigenvalue weighted by atomic mass is 10.2. The Morgan fingerprint density at radius 3 is 2.50 bits per heavy atom. The quantitative estimate of drug-likeness (QED) is 0.866. The standard InChI is InChI=1S/C14H9Cl3FNO/c15-9-2-4-12(16)11(5-9)14(20)19-7-8-1-3-10(18)6-13(8)17/h1-6H,7H2,(H,19,20). The van der Waals surface area contributed by atoms with E-state index >= 15 is 0 Å². The number of nitrogens with one attached hydrogen (secondary N) is 1. The van der Waals surface area contributed by atoms with Gasteiger partial charge in [0, 0.05) is 16.6 Å². The predicted molar refractivity (Wildman–Crippen MR) is 79.0 cm³/mol. The van der Waals surface area contributed by atoms with Crippen molar-refractivity contribution in [1.82, 2.24) is 5.32 Å². The summed E-state index contributed by atoms with van der Waals surface area (Å²) in [5.74, 6) is -0.805. The molecule has 20 heavy (non-hydrogen) atoms. The van der Waals surface area contributed by atoms with Crippen molar-refractivity contribution >= 4 is 40.7 Å². The molecule has 6 heteroatoms. The molecule has 2 aromatic rings. The minimum atomic E-state index is -0.428. The molecule has 0 aliphatic heterocycles. The van der Waals surface area contributed by atoms with Crippen LogP contribution in [0.4, 0.5) is 4.39 Å². The highest BCUT2D eigenvalue weighted by atomic mass is 35.5. The summed E-state index contributed by atoms with van der Waals surface area (Å²) in [5.41, 5.74) is 0.886. The van der Waals surface area contributed by atoms with Gasteiger partial charge in [0.1, 0.15) is 5.82 Å². The van der Waals surface area contributed by atoms with E-state index in [0.717, 1.165) is 0 Å². The van der Waals surface area contributed by atoms with Crippen LogP contribution in [0.3, 0.4) is 0 Å². The fourth-order valence-corrected chi connectivity index (χ4v) is 2.22. The van der Waals surface area contributed by atoms with Crippen molar-refractivity contribution in [2.24, 2.45) is 0 Å². The summed E-state index contributed by atoms with van der Waals surface area (Å²) in [7, 11) is 0. The average Bonchev–Trinajstić information content (AvgIpc) is 2.40. The fraction of sp³-hybridized carbons (Fsp3) is 0.0714. The van der Waals surface area contributed by atoms with Crippen LogP contribution in [-0.2, 0) is 6.54 Å². The van der Waals surface area contributed by atoms with Crippen molar-refractivity contribution in [2.75, 3.05) is 0 Å². The van der Waals surface area contributed by atoms with E-state index in [0.29, 0.717) is 15.6 Å². The Morgan fingerprint density at radius 2 is 1.80 bits per heavy atom. The zero-order chi connectivity index (χ0) is 14.7. The van der Waals surface area contributed by atoms with Gasteiger partial charge in [-0.3, -0.25) is 4.79 Å². The first-order chi connectivity index (χ1) is 9.47. The molecular weight excluding hydrogens is 324 g/mol. The zero-order valence-electron chi connectivity index (χ0n) is 10.1. The average molecular weight is 333 g/mol. The molecule has 1 amide bonds. The summed E-state index contributed by atoms with van der Waals surface area (Å²) in [6.45, 7) is 0.167. The van der Waals surface area contributed by atoms with Crippen LogP contribution >= 0.6 is 34.8 Å². The van der Waals surface area contributed by atoms with Crippen LogP contribution in [0.5, 0.6) is 0 Å². The van der Waals surface area contributed by atoms with Crippen molar-refractivity contribution < 1.29 is 9.18 Å². The SMILES string of the molecule is O=C(NCc1ccc(F)cc1Cl)c1cc(Cl)ccc1Cl. The van der Waals surface area contributed by atoms with Crippen LogP contribution in [0.15, 0.2) is 36.4 Å². The Balaban J connectivity index is 2.10. The molecule has 1 N–H and O–H groups in total. The Morgan fingerprint density at radius 1 is 1.05 bits per heavy atom. The van der Waals surface area contributed by atoms with E-state index in [2.05, 4.69) is 5.32 Å². The molecule has 0 bridgehead atoms. The van der Waals surface area contributed by atoms with E-state index in [-0.39, 0.29) is 23.0 Å². The van der Waals surface area contributed by atoms with Gasteiger partial charge in [-0.25, -0.2) is 4.39 Å². The lowest BCUT2D eigenvalue weighted by Crippen LogP contribution is -2.23. The Labute approximate surface area is 130 Å². The minimum absolute atomic E-state index is 0.167. The molecule has 0 unspecified atom stereocenters. The number of carbonyl (C=O) groups excluding carboxylic acids is 1. The maximum absolute atomic E-state index is 12.9. The van der Waals surface area contributed by atoms with E-state index in [9.17, 15) is 9.18 Å². The summed E-state index contributed by atoms with van der Waals surface area (Å²) in [6.07, 6.45) is 0. The molecule has 0 atom stereocenters. The van der Waals surface area contributed by atoms with Crippen LogP contribution < -0.4 is 5.32 Å². The van der Waals surface area contributed by atoms with E-state index in [1.165, 1.54) is 24.3 Å². The number of carbonyl (C=O) groups is 1. The number of hydrogen-bond acceptors (Lipinski definition) is 1. The number of rotatable bonds is 3. The van der Waals surface area contributed by atoms with Gasteiger partial charge in [-0.2, -0.15) is 0 Å². The molecule has 0 aromatic heterocycles. The highest BCUT2D eigenvalue weighted by Gasteiger charge is 2.11. The first-order valence-electron chi connectivity index (χ1n) is 5.64. The highest BCUT2D eigenvalue weighted by molar-refractivity contribution is 6.35. The van der Waals surface area contributed by atoms with E-state index in [1.54, 1.807) is 12.1 Å². The number of hydrogen-bond donors (Lipinski definition) is 1. The third kappa shape index (κ3) is 3.63. The van der Waals surface area contributed by atoms with Gasteiger partial charge in [0.25, 0.3) is 5.91 Å². The molecule has 104 valence electrons. The zero-order valence-corrected chi connectivity index (χ0v) is 12.4. The van der Waals surface area contributed by atoms with Crippen molar-refractivity contribution in [3.8, 4) is 0 Å². The van der Waals surface area contributed by atoms with Gasteiger partial charge in [-0.15, -0.1) is 0 Å². The largest absolute Gasteiger partial charge is 0.348 e. The molecule has 0 saturated carbocycles. The molecule has 2 aromatic carbocycles. The molecular formula is C14H9Cl3FNO. The Kier molecular flexibility index (Phi) is 4.86. The summed E-state index contributed by atoms with van der Waals surface area (Å²) in [6, 6.07) is 8.60. The maximum atomic E-state index is 12.9. The van der Waals surface area contributed by atoms with Crippen LogP contribution in [0.1, 0.15) is 15.9 Å². The minimum Gasteiger partial charge on any atom is -0.348 e. The summed E-state index contributed by atoms with van der Waals surface area (Å²) in [4.78, 5) is 12.0. The molecule has 0 saturated heterocycles. The maximum Gasteiger partial charge on any atom is 0.253 e. The molecule has 0 aliphatic carbocycles. The third-order valence-corrected chi connectivity index (χ3v) is 3.54. The van der Waals surface area contributed by atoms with E-state index in [4.69, 9.17) is 34.8 Å². The van der Waals surface area contributed by atoms with Crippen LogP contribution in [0.2, 0.25) is 15.1 Å². The van der Waals surface area contributed by atoms with Crippen LogP contribution in [0, 0.1) is 5.82 Å². The summed E-state index contributed by atoms with van der Waals surface area (Å²) >= 11 is 17.6. The van der Waals surface area contributed by atoms with E-state index < -0.39 is 5.82 Å². The first-order valence-corrected chi connectivity index (χ1v) is 6.78. The topological polar surface area (TPSA) is 29.1 Å². The second-order valence-electron chi connectivity index (χ2n) is 4.04. The van der Waals surface area contributed by atoms with Crippen molar-refractivity contribution in [3.05, 3.63) is 68.4 Å². The highest BCUT2D eigenvalue weighted by Crippen LogP contribution is 2.21. The van der Waals surface area contributed by atoms with Crippen molar-refractivity contribution in [1.29, 1.82) is 0 Å². The van der Waals surface area contributed by atoms with E-state index in [1.807, 2.05) is 0 Å². The molecule has 2 nitrogen and oxygen atoms in total. The van der Waals surface area contributed by atoms with Gasteiger partial charge >= 0.3 is 0 Å². The molecule has 0 aliphatic rings. The third-order valence-electron chi connectivity index (χ3n) is 2.63. The lowest BCUT2D eigenvalue weighted by Gasteiger charge is -2.08. The predicted octanol–water partition coefficient (Wildman–Crippen LogP) is 4.72. The summed E-state index contributed by atoms with van der Waals surface area (Å²) in [5, 5.41) is 3.63. The normalized spacial score (nSPS) is 10.4. The first kappa shape index (κ1) is 15.1. The fourth-order valence-electron chi connectivity index (χ4n) is 1.61. The number of benzene rings is 2. The van der Waals surface area contributed by atoms with Crippen molar-refractivity contribution in [3.63, 3.8) is 0 Å². The van der Waals surface area contributed by atoms with Gasteiger partial charge < -0.3 is 5.32 Å². The number of halogens is 4. The molecule has 0 spiro atoms. The second-order valence-corrected chi connectivity index (χ2v) is 5.29. The van der Waals surface area contributed by atoms with Crippen LogP contribution in [-0.4, -0.2) is 5.91 Å². The smallest absolute Gasteiger partial charge is 0.253 e. The van der Waals surface area contributed by atoms with Gasteiger partial charge in [0.15, 0.2) is 0 Å². The Hall–Kier alpha value is -1.29. The molecule has 0 fully saturated rings. The van der Waals surface area contributed by atoms with Crippen molar-refractivity contribution in [2.45, 2.75) is 6.54 Å². The molecule has 0 radical (unpaired) electrons. The second kappa shape index (κ2) is 6.44. The summed E-state index contributed by atoms with van der Waals surface area (Å²) < 4.78 is 12.9. The number of amides is 1. The monoisotopic (exact) mass is 331 g/mol. The Bertz CT molecular complexity index is 661. The van der Waals surface area contributed by atoms with Gasteiger partial charge in [-0.05, 0) is 35.9 Å². The van der Waals surface area contributed by atoms with Gasteiger partial charge in [-0.1, -0.05) is 40.9 Å². The van der Waals surface area contributed by atoms with Gasteiger partial charge in [0.05, 0.1) is 10.6 Å². The lowest BCUT2D eigenvalue weighted by molar-refractivity contribution is 0.0951.